The van der Waals surface area contributed by atoms with Crippen molar-refractivity contribution < 1.29 is 0 Å². The summed E-state index contributed by atoms with van der Waals surface area (Å²) in [6, 6.07) is 60.9. The molecule has 250 valence electrons. The lowest BCUT2D eigenvalue weighted by atomic mass is 9.78. The van der Waals surface area contributed by atoms with E-state index in [0.29, 0.717) is 23.0 Å². The van der Waals surface area contributed by atoms with Crippen molar-refractivity contribution in [2.75, 3.05) is 0 Å². The van der Waals surface area contributed by atoms with Gasteiger partial charge in [-0.25, -0.2) is 15.0 Å². The molecule has 0 fully saturated rings. The first-order valence-electron chi connectivity index (χ1n) is 17.8. The maximum Gasteiger partial charge on any atom is 0.164 e. The fourth-order valence-corrected chi connectivity index (χ4v) is 7.80. The Labute approximate surface area is 309 Å². The molecule has 0 aliphatic heterocycles. The average molecular weight is 679 g/mol. The number of hydrogen-bond donors (Lipinski definition) is 0. The van der Waals surface area contributed by atoms with Crippen LogP contribution in [-0.2, 0) is 5.41 Å². The quantitative estimate of drug-likeness (QED) is 0.176. The van der Waals surface area contributed by atoms with Crippen LogP contribution in [0.3, 0.4) is 0 Å². The summed E-state index contributed by atoms with van der Waals surface area (Å²) in [5.74, 6) is 1.82. The molecule has 0 atom stereocenters. The Morgan fingerprint density at radius 1 is 0.396 bits per heavy atom. The molecule has 53 heavy (non-hydrogen) atoms. The Kier molecular flexibility index (Phi) is 7.83. The van der Waals surface area contributed by atoms with Gasteiger partial charge in [0.15, 0.2) is 17.5 Å². The number of benzene rings is 7. The highest BCUT2D eigenvalue weighted by atomic mass is 15.0. The molecule has 0 saturated heterocycles. The zero-order chi connectivity index (χ0) is 35.9. The third-order valence-corrected chi connectivity index (χ3v) is 10.4. The van der Waals surface area contributed by atoms with Crippen molar-refractivity contribution in [3.8, 4) is 84.7 Å². The minimum atomic E-state index is -0.322. The molecule has 8 aromatic rings. The molecule has 0 bridgehead atoms. The molecule has 0 N–H and O–H groups in total. The molecule has 0 unspecified atom stereocenters. The van der Waals surface area contributed by atoms with E-state index in [1.54, 1.807) is 0 Å². The van der Waals surface area contributed by atoms with Crippen LogP contribution in [0.1, 0.15) is 30.5 Å². The van der Waals surface area contributed by atoms with Crippen LogP contribution < -0.4 is 0 Å². The van der Waals surface area contributed by atoms with E-state index in [9.17, 15) is 5.26 Å². The van der Waals surface area contributed by atoms with E-state index in [4.69, 9.17) is 15.0 Å². The Hall–Kier alpha value is -6.96. The van der Waals surface area contributed by atoms with E-state index in [-0.39, 0.29) is 5.41 Å². The van der Waals surface area contributed by atoms with Crippen LogP contribution in [0.2, 0.25) is 0 Å². The van der Waals surface area contributed by atoms with Crippen molar-refractivity contribution in [2.24, 2.45) is 0 Å². The van der Waals surface area contributed by atoms with Gasteiger partial charge < -0.3 is 0 Å². The summed E-state index contributed by atoms with van der Waals surface area (Å²) in [5, 5.41) is 10.1. The summed E-state index contributed by atoms with van der Waals surface area (Å²) in [6.07, 6.45) is 0. The molecule has 4 nitrogen and oxygen atoms in total. The first kappa shape index (κ1) is 32.0. The summed E-state index contributed by atoms with van der Waals surface area (Å²) in [6.45, 7) is 4.50. The van der Waals surface area contributed by atoms with Gasteiger partial charge in [-0.1, -0.05) is 178 Å². The molecule has 1 aliphatic carbocycles. The van der Waals surface area contributed by atoms with Gasteiger partial charge in [0.2, 0.25) is 0 Å². The summed E-state index contributed by atoms with van der Waals surface area (Å²) in [5.41, 5.74) is 14.3. The normalized spacial score (nSPS) is 12.5. The maximum absolute atomic E-state index is 10.1. The SMILES string of the molecule is CC1(C)c2cccc(C#N)c2-c2cccc(-c3ccccc3-c3nc(-c4ccc(-c5ccccc5)cc4)nc(-c4ccc(-c5ccccc5)cc4)n3)c21. The molecular formula is C49H34N4. The summed E-state index contributed by atoms with van der Waals surface area (Å²) < 4.78 is 0. The van der Waals surface area contributed by atoms with Crippen molar-refractivity contribution in [1.82, 2.24) is 15.0 Å². The summed E-state index contributed by atoms with van der Waals surface area (Å²) in [4.78, 5) is 15.5. The van der Waals surface area contributed by atoms with Crippen LogP contribution in [0.25, 0.3) is 78.7 Å². The van der Waals surface area contributed by atoms with E-state index < -0.39 is 0 Å². The molecule has 1 aliphatic rings. The Balaban J connectivity index is 1.21. The third kappa shape index (κ3) is 5.60. The Bertz CT molecular complexity index is 2570. The van der Waals surface area contributed by atoms with Gasteiger partial charge in [0, 0.05) is 27.7 Å². The highest BCUT2D eigenvalue weighted by molar-refractivity contribution is 5.93. The first-order chi connectivity index (χ1) is 26.0. The van der Waals surface area contributed by atoms with E-state index >= 15 is 0 Å². The van der Waals surface area contributed by atoms with E-state index in [0.717, 1.165) is 61.2 Å². The number of nitriles is 1. The van der Waals surface area contributed by atoms with Gasteiger partial charge >= 0.3 is 0 Å². The van der Waals surface area contributed by atoms with Gasteiger partial charge in [0.25, 0.3) is 0 Å². The molecule has 0 amide bonds. The van der Waals surface area contributed by atoms with Gasteiger partial charge in [-0.15, -0.1) is 0 Å². The maximum atomic E-state index is 10.1. The smallest absolute Gasteiger partial charge is 0.164 e. The lowest BCUT2D eigenvalue weighted by Gasteiger charge is -2.25. The van der Waals surface area contributed by atoms with Gasteiger partial charge in [-0.3, -0.25) is 0 Å². The van der Waals surface area contributed by atoms with E-state index in [1.165, 1.54) is 11.1 Å². The summed E-state index contributed by atoms with van der Waals surface area (Å²) in [7, 11) is 0. The van der Waals surface area contributed by atoms with Gasteiger partial charge in [-0.05, 0) is 56.1 Å². The van der Waals surface area contributed by atoms with Gasteiger partial charge in [-0.2, -0.15) is 5.26 Å². The fraction of sp³-hybridized carbons (Fsp3) is 0.0612. The number of nitrogens with zero attached hydrogens (tertiary/aromatic N) is 4. The zero-order valence-electron chi connectivity index (χ0n) is 29.5. The molecule has 4 heteroatoms. The number of rotatable bonds is 6. The van der Waals surface area contributed by atoms with Crippen LogP contribution >= 0.6 is 0 Å². The number of hydrogen-bond acceptors (Lipinski definition) is 4. The van der Waals surface area contributed by atoms with Crippen LogP contribution in [0.5, 0.6) is 0 Å². The topological polar surface area (TPSA) is 62.5 Å². The molecule has 0 saturated carbocycles. The molecule has 1 aromatic heterocycles. The second-order valence-corrected chi connectivity index (χ2v) is 13.9. The van der Waals surface area contributed by atoms with Gasteiger partial charge in [0.05, 0.1) is 11.6 Å². The van der Waals surface area contributed by atoms with Crippen molar-refractivity contribution in [3.63, 3.8) is 0 Å². The predicted octanol–water partition coefficient (Wildman–Crippen LogP) is 12.1. The van der Waals surface area contributed by atoms with Crippen molar-refractivity contribution >= 4 is 0 Å². The van der Waals surface area contributed by atoms with Crippen LogP contribution in [0.15, 0.2) is 170 Å². The predicted molar refractivity (Wildman–Crippen MR) is 215 cm³/mol. The number of fused-ring (bicyclic) bond motifs is 3. The summed E-state index contributed by atoms with van der Waals surface area (Å²) >= 11 is 0. The average Bonchev–Trinajstić information content (AvgIpc) is 3.47. The monoisotopic (exact) mass is 678 g/mol. The largest absolute Gasteiger partial charge is 0.208 e. The zero-order valence-corrected chi connectivity index (χ0v) is 29.5. The molecule has 0 spiro atoms. The van der Waals surface area contributed by atoms with Crippen molar-refractivity contribution in [2.45, 2.75) is 19.3 Å². The van der Waals surface area contributed by atoms with Crippen LogP contribution in [0, 0.1) is 11.3 Å². The second kappa shape index (κ2) is 13.0. The highest BCUT2D eigenvalue weighted by Crippen LogP contribution is 2.53. The van der Waals surface area contributed by atoms with Crippen molar-refractivity contribution in [1.29, 1.82) is 5.26 Å². The van der Waals surface area contributed by atoms with Gasteiger partial charge in [0.1, 0.15) is 0 Å². The van der Waals surface area contributed by atoms with E-state index in [1.807, 2.05) is 30.3 Å². The molecule has 1 heterocycles. The number of aromatic nitrogens is 3. The van der Waals surface area contributed by atoms with E-state index in [2.05, 4.69) is 159 Å². The van der Waals surface area contributed by atoms with Crippen LogP contribution in [-0.4, -0.2) is 15.0 Å². The lowest BCUT2D eigenvalue weighted by Crippen LogP contribution is -2.16. The lowest BCUT2D eigenvalue weighted by molar-refractivity contribution is 0.662. The molecule has 7 aromatic carbocycles. The Morgan fingerprint density at radius 3 is 1.40 bits per heavy atom. The van der Waals surface area contributed by atoms with Crippen molar-refractivity contribution in [3.05, 3.63) is 187 Å². The van der Waals surface area contributed by atoms with Crippen LogP contribution in [0.4, 0.5) is 0 Å². The molecule has 0 radical (unpaired) electrons. The second-order valence-electron chi connectivity index (χ2n) is 13.9. The molecule has 9 rings (SSSR count). The Morgan fingerprint density at radius 2 is 0.830 bits per heavy atom. The minimum Gasteiger partial charge on any atom is -0.208 e. The first-order valence-corrected chi connectivity index (χ1v) is 17.8. The molecular weight excluding hydrogens is 645 g/mol. The third-order valence-electron chi connectivity index (χ3n) is 10.4. The highest BCUT2D eigenvalue weighted by Gasteiger charge is 2.39. The minimum absolute atomic E-state index is 0.322. The standard InChI is InChI=1S/C49H34N4/c1-49(2)43-22-11-17-38(31-50)44(43)42-21-12-20-40(45(42)49)39-18-9-10-19-41(39)48-52-46(36-27-23-34(24-28-36)32-13-5-3-6-14-32)51-47(53-48)37-29-25-35(26-30-37)33-15-7-4-8-16-33/h3-30H,1-2H3. The fourth-order valence-electron chi connectivity index (χ4n) is 7.80.